The molecule has 2 rings (SSSR count). The van der Waals surface area contributed by atoms with Gasteiger partial charge >= 0.3 is 0 Å². The first-order chi connectivity index (χ1) is 10.0. The first kappa shape index (κ1) is 15.1. The number of nitrogen functional groups attached to an aromatic ring is 1. The van der Waals surface area contributed by atoms with Gasteiger partial charge in [-0.3, -0.25) is 9.89 Å². The summed E-state index contributed by atoms with van der Waals surface area (Å²) in [7, 11) is 0. The van der Waals surface area contributed by atoms with Crippen LogP contribution in [0, 0.1) is 0 Å². The number of aromatic nitrogens is 2. The van der Waals surface area contributed by atoms with Crippen LogP contribution in [0.4, 0.5) is 11.4 Å². The topological polar surface area (TPSA) is 83.8 Å². The number of hydrogen-bond donors (Lipinski definition) is 3. The predicted molar refractivity (Wildman–Crippen MR) is 85.5 cm³/mol. The lowest BCUT2D eigenvalue weighted by Gasteiger charge is -2.06. The molecule has 112 valence electrons. The summed E-state index contributed by atoms with van der Waals surface area (Å²) >= 11 is 0. The highest BCUT2D eigenvalue weighted by Gasteiger charge is 2.18. The number of nitrogens with one attached hydrogen (secondary N) is 2. The van der Waals surface area contributed by atoms with Crippen LogP contribution in [-0.2, 0) is 6.42 Å². The quantitative estimate of drug-likeness (QED) is 0.788. The van der Waals surface area contributed by atoms with Crippen LogP contribution in [0.2, 0.25) is 0 Å². The fourth-order valence-corrected chi connectivity index (χ4v) is 2.21. The number of rotatable bonds is 5. The Morgan fingerprint density at radius 1 is 1.33 bits per heavy atom. The molecule has 5 heteroatoms. The molecular formula is C16H22N4O. The third-order valence-electron chi connectivity index (χ3n) is 3.38. The van der Waals surface area contributed by atoms with E-state index in [1.165, 1.54) is 5.56 Å². The Hall–Kier alpha value is -2.30. The van der Waals surface area contributed by atoms with Crippen molar-refractivity contribution in [3.05, 3.63) is 41.2 Å². The summed E-state index contributed by atoms with van der Waals surface area (Å²) in [5.41, 5.74) is 9.43. The Bertz CT molecular complexity index is 614. The highest BCUT2D eigenvalue weighted by molar-refractivity contribution is 6.06. The van der Waals surface area contributed by atoms with Crippen molar-refractivity contribution in [3.63, 3.8) is 0 Å². The van der Waals surface area contributed by atoms with Crippen LogP contribution in [0.5, 0.6) is 0 Å². The van der Waals surface area contributed by atoms with Gasteiger partial charge in [-0.2, -0.15) is 5.10 Å². The van der Waals surface area contributed by atoms with E-state index in [4.69, 9.17) is 5.73 Å². The number of nitrogens with two attached hydrogens (primary N) is 1. The number of hydrogen-bond acceptors (Lipinski definition) is 3. The normalized spacial score (nSPS) is 10.9. The highest BCUT2D eigenvalue weighted by Crippen LogP contribution is 2.23. The maximum Gasteiger partial charge on any atom is 0.278 e. The van der Waals surface area contributed by atoms with Crippen LogP contribution in [0.25, 0.3) is 0 Å². The van der Waals surface area contributed by atoms with Gasteiger partial charge in [0.15, 0.2) is 5.69 Å². The van der Waals surface area contributed by atoms with Gasteiger partial charge in [-0.15, -0.1) is 0 Å². The number of carbonyl (C=O) groups excluding carboxylic acids is 1. The zero-order chi connectivity index (χ0) is 15.4. The summed E-state index contributed by atoms with van der Waals surface area (Å²) in [5, 5.41) is 9.67. The average molecular weight is 286 g/mol. The smallest absolute Gasteiger partial charge is 0.278 e. The molecule has 1 aromatic carbocycles. The molecule has 4 N–H and O–H groups in total. The van der Waals surface area contributed by atoms with Gasteiger partial charge in [0.05, 0.1) is 11.4 Å². The van der Waals surface area contributed by atoms with Crippen LogP contribution in [-0.4, -0.2) is 16.1 Å². The molecular weight excluding hydrogens is 264 g/mol. The third-order valence-corrected chi connectivity index (χ3v) is 3.38. The zero-order valence-electron chi connectivity index (χ0n) is 12.7. The largest absolute Gasteiger partial charge is 0.395 e. The molecule has 5 nitrogen and oxygen atoms in total. The van der Waals surface area contributed by atoms with E-state index in [9.17, 15) is 4.79 Å². The van der Waals surface area contributed by atoms with E-state index in [0.29, 0.717) is 5.69 Å². The maximum atomic E-state index is 12.2. The van der Waals surface area contributed by atoms with Gasteiger partial charge in [0.1, 0.15) is 0 Å². The van der Waals surface area contributed by atoms with Gasteiger partial charge in [-0.1, -0.05) is 39.3 Å². The fourth-order valence-electron chi connectivity index (χ4n) is 2.21. The fraction of sp³-hybridized carbons (Fsp3) is 0.375. The molecule has 1 heterocycles. The SMILES string of the molecule is CCCc1ccc(NC(=O)c2n[nH]c(C(C)C)c2N)cc1. The predicted octanol–water partition coefficient (Wildman–Crippen LogP) is 3.32. The van der Waals surface area contributed by atoms with Crippen molar-refractivity contribution in [3.8, 4) is 0 Å². The van der Waals surface area contributed by atoms with Crippen molar-refractivity contribution in [2.45, 2.75) is 39.5 Å². The van der Waals surface area contributed by atoms with Crippen molar-refractivity contribution in [1.82, 2.24) is 10.2 Å². The molecule has 0 spiro atoms. The molecule has 1 aromatic heterocycles. The number of nitrogens with zero attached hydrogens (tertiary/aromatic N) is 1. The lowest BCUT2D eigenvalue weighted by Crippen LogP contribution is -2.14. The number of aromatic amines is 1. The van der Waals surface area contributed by atoms with Crippen molar-refractivity contribution in [2.75, 3.05) is 11.1 Å². The first-order valence-corrected chi connectivity index (χ1v) is 7.27. The summed E-state index contributed by atoms with van der Waals surface area (Å²) in [6, 6.07) is 7.84. The summed E-state index contributed by atoms with van der Waals surface area (Å²) in [4.78, 5) is 12.2. The Morgan fingerprint density at radius 3 is 2.52 bits per heavy atom. The second-order valence-electron chi connectivity index (χ2n) is 5.46. The van der Waals surface area contributed by atoms with Gasteiger partial charge in [-0.25, -0.2) is 0 Å². The minimum absolute atomic E-state index is 0.201. The van der Waals surface area contributed by atoms with Crippen LogP contribution in [0.15, 0.2) is 24.3 Å². The molecule has 0 atom stereocenters. The number of aryl methyl sites for hydroxylation is 1. The second kappa shape index (κ2) is 6.43. The van der Waals surface area contributed by atoms with E-state index in [0.717, 1.165) is 24.2 Å². The van der Waals surface area contributed by atoms with Crippen LogP contribution in [0.1, 0.15) is 54.9 Å². The van der Waals surface area contributed by atoms with Gasteiger partial charge in [0.25, 0.3) is 5.91 Å². The molecule has 2 aromatic rings. The number of carbonyl (C=O) groups is 1. The summed E-state index contributed by atoms with van der Waals surface area (Å²) in [6.45, 7) is 6.14. The molecule has 0 fully saturated rings. The molecule has 0 radical (unpaired) electrons. The monoisotopic (exact) mass is 286 g/mol. The molecule has 21 heavy (non-hydrogen) atoms. The standard InChI is InChI=1S/C16H22N4O/c1-4-5-11-6-8-12(9-7-11)18-16(21)15-13(17)14(10(2)3)19-20-15/h6-10H,4-5,17H2,1-3H3,(H,18,21)(H,19,20). The van der Waals surface area contributed by atoms with E-state index in [2.05, 4.69) is 22.4 Å². The van der Waals surface area contributed by atoms with E-state index in [1.807, 2.05) is 38.1 Å². The Morgan fingerprint density at radius 2 is 2.00 bits per heavy atom. The van der Waals surface area contributed by atoms with Crippen LogP contribution in [0.3, 0.4) is 0 Å². The van der Waals surface area contributed by atoms with Gasteiger partial charge in [0.2, 0.25) is 0 Å². The third kappa shape index (κ3) is 3.42. The van der Waals surface area contributed by atoms with E-state index in [1.54, 1.807) is 0 Å². The molecule has 0 aliphatic carbocycles. The maximum absolute atomic E-state index is 12.2. The molecule has 0 aliphatic heterocycles. The summed E-state index contributed by atoms with van der Waals surface area (Å²) in [6.07, 6.45) is 2.14. The van der Waals surface area contributed by atoms with Gasteiger partial charge in [-0.05, 0) is 30.0 Å². The minimum Gasteiger partial charge on any atom is -0.395 e. The number of anilines is 2. The Kier molecular flexibility index (Phi) is 4.62. The van der Waals surface area contributed by atoms with Gasteiger partial charge in [0, 0.05) is 5.69 Å². The van der Waals surface area contributed by atoms with Crippen LogP contribution >= 0.6 is 0 Å². The lowest BCUT2D eigenvalue weighted by atomic mass is 10.1. The molecule has 0 unspecified atom stereocenters. The van der Waals surface area contributed by atoms with Crippen molar-refractivity contribution in [2.24, 2.45) is 0 Å². The van der Waals surface area contributed by atoms with Crippen molar-refractivity contribution < 1.29 is 4.79 Å². The minimum atomic E-state index is -0.293. The molecule has 0 saturated carbocycles. The average Bonchev–Trinajstić information content (AvgIpc) is 2.83. The molecule has 0 saturated heterocycles. The highest BCUT2D eigenvalue weighted by atomic mass is 16.2. The van der Waals surface area contributed by atoms with E-state index < -0.39 is 0 Å². The zero-order valence-corrected chi connectivity index (χ0v) is 12.7. The summed E-state index contributed by atoms with van der Waals surface area (Å²) in [5.74, 6) is -0.0914. The van der Waals surface area contributed by atoms with Crippen molar-refractivity contribution >= 4 is 17.3 Å². The molecule has 0 aliphatic rings. The second-order valence-corrected chi connectivity index (χ2v) is 5.46. The summed E-state index contributed by atoms with van der Waals surface area (Å²) < 4.78 is 0. The number of benzene rings is 1. The van der Waals surface area contributed by atoms with Crippen LogP contribution < -0.4 is 11.1 Å². The Balaban J connectivity index is 2.11. The number of amides is 1. The molecule has 1 amide bonds. The van der Waals surface area contributed by atoms with Gasteiger partial charge < -0.3 is 11.1 Å². The Labute approximate surface area is 124 Å². The first-order valence-electron chi connectivity index (χ1n) is 7.27. The lowest BCUT2D eigenvalue weighted by molar-refractivity contribution is 0.102. The molecule has 0 bridgehead atoms. The number of H-pyrrole nitrogens is 1. The van der Waals surface area contributed by atoms with E-state index >= 15 is 0 Å². The van der Waals surface area contributed by atoms with E-state index in [-0.39, 0.29) is 17.5 Å². The van der Waals surface area contributed by atoms with Crippen molar-refractivity contribution in [1.29, 1.82) is 0 Å².